The standard InChI is InChI=1S/C13H15NO/c1-2-3-9-14-12-8-7-11-10(12)5-4-6-13(11)15/h1,4-6,12,14-15H,3,7-9H2. The Balaban J connectivity index is 2.09. The normalized spacial score (nSPS) is 18.5. The van der Waals surface area contributed by atoms with Crippen LogP contribution in [0.25, 0.3) is 0 Å². The van der Waals surface area contributed by atoms with E-state index in [1.54, 1.807) is 6.07 Å². The van der Waals surface area contributed by atoms with Crippen LogP contribution >= 0.6 is 0 Å². The van der Waals surface area contributed by atoms with Gasteiger partial charge in [0.15, 0.2) is 0 Å². The van der Waals surface area contributed by atoms with Crippen molar-refractivity contribution in [2.75, 3.05) is 6.54 Å². The second kappa shape index (κ2) is 4.37. The fourth-order valence-corrected chi connectivity index (χ4v) is 2.17. The van der Waals surface area contributed by atoms with Crippen molar-refractivity contribution in [2.45, 2.75) is 25.3 Å². The number of benzene rings is 1. The van der Waals surface area contributed by atoms with E-state index in [4.69, 9.17) is 6.42 Å². The predicted octanol–water partition coefficient (Wildman–Crippen LogP) is 1.99. The summed E-state index contributed by atoms with van der Waals surface area (Å²) < 4.78 is 0. The first-order valence-electron chi connectivity index (χ1n) is 5.30. The summed E-state index contributed by atoms with van der Waals surface area (Å²) in [6.45, 7) is 0.844. The maximum Gasteiger partial charge on any atom is 0.119 e. The highest BCUT2D eigenvalue weighted by Gasteiger charge is 2.23. The van der Waals surface area contributed by atoms with Crippen molar-refractivity contribution in [2.24, 2.45) is 0 Å². The number of phenolic OH excluding ortho intramolecular Hbond substituents is 1. The molecule has 0 saturated heterocycles. The van der Waals surface area contributed by atoms with Gasteiger partial charge in [0.25, 0.3) is 0 Å². The maximum absolute atomic E-state index is 9.66. The molecule has 0 heterocycles. The lowest BCUT2D eigenvalue weighted by molar-refractivity contribution is 0.469. The third kappa shape index (κ3) is 1.98. The van der Waals surface area contributed by atoms with E-state index in [2.05, 4.69) is 17.3 Å². The van der Waals surface area contributed by atoms with E-state index in [0.717, 1.165) is 31.4 Å². The summed E-state index contributed by atoms with van der Waals surface area (Å²) in [4.78, 5) is 0. The van der Waals surface area contributed by atoms with E-state index in [1.807, 2.05) is 6.07 Å². The molecule has 1 aromatic rings. The van der Waals surface area contributed by atoms with Gasteiger partial charge in [0, 0.05) is 19.0 Å². The molecular weight excluding hydrogens is 186 g/mol. The molecule has 1 aliphatic carbocycles. The Kier molecular flexibility index (Phi) is 2.94. The lowest BCUT2D eigenvalue weighted by Crippen LogP contribution is -2.19. The molecule has 2 rings (SSSR count). The highest BCUT2D eigenvalue weighted by molar-refractivity contribution is 5.44. The summed E-state index contributed by atoms with van der Waals surface area (Å²) in [5, 5.41) is 13.1. The average Bonchev–Trinajstić information content (AvgIpc) is 2.64. The van der Waals surface area contributed by atoms with Crippen molar-refractivity contribution in [3.63, 3.8) is 0 Å². The zero-order valence-corrected chi connectivity index (χ0v) is 8.66. The number of hydrogen-bond acceptors (Lipinski definition) is 2. The van der Waals surface area contributed by atoms with Gasteiger partial charge in [-0.2, -0.15) is 0 Å². The van der Waals surface area contributed by atoms with Gasteiger partial charge in [0.2, 0.25) is 0 Å². The van der Waals surface area contributed by atoms with Crippen LogP contribution in [0.1, 0.15) is 30.0 Å². The Morgan fingerprint density at radius 3 is 3.20 bits per heavy atom. The molecule has 2 heteroatoms. The van der Waals surface area contributed by atoms with Gasteiger partial charge in [0.1, 0.15) is 5.75 Å². The Bertz CT molecular complexity index is 392. The van der Waals surface area contributed by atoms with Gasteiger partial charge in [-0.05, 0) is 30.0 Å². The Hall–Kier alpha value is -1.46. The topological polar surface area (TPSA) is 32.3 Å². The van der Waals surface area contributed by atoms with Crippen LogP contribution in [0.2, 0.25) is 0 Å². The van der Waals surface area contributed by atoms with Crippen LogP contribution in [0.15, 0.2) is 18.2 Å². The summed E-state index contributed by atoms with van der Waals surface area (Å²) in [5.41, 5.74) is 2.32. The number of terminal acetylenes is 1. The first-order chi connectivity index (χ1) is 7.33. The van der Waals surface area contributed by atoms with Crippen molar-refractivity contribution in [3.05, 3.63) is 29.3 Å². The minimum absolute atomic E-state index is 0.362. The number of phenols is 1. The average molecular weight is 201 g/mol. The molecule has 2 nitrogen and oxygen atoms in total. The second-order valence-corrected chi connectivity index (χ2v) is 3.84. The zero-order valence-electron chi connectivity index (χ0n) is 8.66. The van der Waals surface area contributed by atoms with E-state index in [9.17, 15) is 5.11 Å². The highest BCUT2D eigenvalue weighted by atomic mass is 16.3. The lowest BCUT2D eigenvalue weighted by Gasteiger charge is -2.12. The number of fused-ring (bicyclic) bond motifs is 1. The van der Waals surface area contributed by atoms with Crippen LogP contribution < -0.4 is 5.32 Å². The molecule has 0 spiro atoms. The summed E-state index contributed by atoms with van der Waals surface area (Å²) in [6, 6.07) is 6.09. The molecule has 1 atom stereocenters. The smallest absolute Gasteiger partial charge is 0.119 e. The van der Waals surface area contributed by atoms with Crippen molar-refractivity contribution in [1.82, 2.24) is 5.32 Å². The number of hydrogen-bond donors (Lipinski definition) is 2. The van der Waals surface area contributed by atoms with Gasteiger partial charge < -0.3 is 10.4 Å². The highest BCUT2D eigenvalue weighted by Crippen LogP contribution is 2.35. The van der Waals surface area contributed by atoms with Gasteiger partial charge in [-0.1, -0.05) is 12.1 Å². The van der Waals surface area contributed by atoms with Crippen molar-refractivity contribution in [1.29, 1.82) is 0 Å². The van der Waals surface area contributed by atoms with Crippen LogP contribution in [0, 0.1) is 12.3 Å². The molecular formula is C13H15NO. The van der Waals surface area contributed by atoms with Crippen LogP contribution in [0.4, 0.5) is 0 Å². The van der Waals surface area contributed by atoms with Gasteiger partial charge in [-0.3, -0.25) is 0 Å². The summed E-state index contributed by atoms with van der Waals surface area (Å²) >= 11 is 0. The minimum Gasteiger partial charge on any atom is -0.508 e. The van der Waals surface area contributed by atoms with Crippen molar-refractivity contribution < 1.29 is 5.11 Å². The summed E-state index contributed by atoms with van der Waals surface area (Å²) in [7, 11) is 0. The molecule has 1 aromatic carbocycles. The molecule has 0 aliphatic heterocycles. The van der Waals surface area contributed by atoms with Gasteiger partial charge in [-0.25, -0.2) is 0 Å². The first-order valence-corrected chi connectivity index (χ1v) is 5.30. The largest absolute Gasteiger partial charge is 0.508 e. The monoisotopic (exact) mass is 201 g/mol. The summed E-state index contributed by atoms with van der Waals surface area (Å²) in [6.07, 6.45) is 7.96. The molecule has 0 saturated carbocycles. The fourth-order valence-electron chi connectivity index (χ4n) is 2.17. The number of nitrogens with one attached hydrogen (secondary N) is 1. The zero-order chi connectivity index (χ0) is 10.7. The van der Waals surface area contributed by atoms with Crippen LogP contribution in [-0.4, -0.2) is 11.7 Å². The van der Waals surface area contributed by atoms with E-state index >= 15 is 0 Å². The lowest BCUT2D eigenvalue weighted by atomic mass is 10.1. The third-order valence-corrected chi connectivity index (χ3v) is 2.91. The SMILES string of the molecule is C#CCCNC1CCc2c(O)cccc21. The summed E-state index contributed by atoms with van der Waals surface area (Å²) in [5.74, 6) is 3.04. The van der Waals surface area contributed by atoms with Crippen LogP contribution in [0.5, 0.6) is 5.75 Å². The van der Waals surface area contributed by atoms with E-state index < -0.39 is 0 Å². The molecule has 1 aliphatic rings. The molecule has 1 unspecified atom stereocenters. The number of rotatable bonds is 3. The maximum atomic E-state index is 9.66. The molecule has 0 bridgehead atoms. The first kappa shape index (κ1) is 10.1. The second-order valence-electron chi connectivity index (χ2n) is 3.84. The van der Waals surface area contributed by atoms with Gasteiger partial charge in [-0.15, -0.1) is 12.3 Å². The van der Waals surface area contributed by atoms with Crippen molar-refractivity contribution in [3.8, 4) is 18.1 Å². The van der Waals surface area contributed by atoms with Gasteiger partial charge >= 0.3 is 0 Å². The van der Waals surface area contributed by atoms with Crippen LogP contribution in [-0.2, 0) is 6.42 Å². The molecule has 0 fully saturated rings. The van der Waals surface area contributed by atoms with Crippen LogP contribution in [0.3, 0.4) is 0 Å². The third-order valence-electron chi connectivity index (χ3n) is 2.91. The fraction of sp³-hybridized carbons (Fsp3) is 0.385. The molecule has 0 radical (unpaired) electrons. The van der Waals surface area contributed by atoms with E-state index in [0.29, 0.717) is 11.8 Å². The predicted molar refractivity (Wildman–Crippen MR) is 60.6 cm³/mol. The van der Waals surface area contributed by atoms with Gasteiger partial charge in [0.05, 0.1) is 0 Å². The minimum atomic E-state index is 0.362. The Morgan fingerprint density at radius 2 is 2.40 bits per heavy atom. The van der Waals surface area contributed by atoms with Crippen molar-refractivity contribution >= 4 is 0 Å². The number of aromatic hydroxyl groups is 1. The quantitative estimate of drug-likeness (QED) is 0.579. The molecule has 78 valence electrons. The molecule has 0 aromatic heterocycles. The molecule has 2 N–H and O–H groups in total. The Labute approximate surface area is 90.3 Å². The van der Waals surface area contributed by atoms with E-state index in [-0.39, 0.29) is 0 Å². The molecule has 15 heavy (non-hydrogen) atoms. The van der Waals surface area contributed by atoms with E-state index in [1.165, 1.54) is 5.56 Å². The molecule has 0 amide bonds. The Morgan fingerprint density at radius 1 is 1.53 bits per heavy atom.